The van der Waals surface area contributed by atoms with Crippen LogP contribution in [0.2, 0.25) is 0 Å². The fourth-order valence-electron chi connectivity index (χ4n) is 2.95. The molecule has 0 saturated heterocycles. The summed E-state index contributed by atoms with van der Waals surface area (Å²) < 4.78 is 24.0. The molecule has 2 aromatic heterocycles. The van der Waals surface area contributed by atoms with Gasteiger partial charge in [0.25, 0.3) is 5.91 Å². The van der Waals surface area contributed by atoms with E-state index in [2.05, 4.69) is 10.5 Å². The average molecular weight is 364 g/mol. The van der Waals surface area contributed by atoms with Crippen molar-refractivity contribution in [2.75, 3.05) is 5.32 Å². The second-order valence-corrected chi connectivity index (χ2v) is 6.53. The van der Waals surface area contributed by atoms with Crippen LogP contribution in [0.3, 0.4) is 0 Å². The number of furan rings is 1. The van der Waals surface area contributed by atoms with Crippen LogP contribution in [0.4, 0.5) is 10.3 Å². The zero-order chi connectivity index (χ0) is 19.1. The van der Waals surface area contributed by atoms with Gasteiger partial charge in [-0.15, -0.1) is 0 Å². The predicted octanol–water partition coefficient (Wildman–Crippen LogP) is 5.40. The van der Waals surface area contributed by atoms with Crippen LogP contribution in [0.5, 0.6) is 0 Å². The molecule has 0 unspecified atom stereocenters. The summed E-state index contributed by atoms with van der Waals surface area (Å²) in [7, 11) is 0. The van der Waals surface area contributed by atoms with Gasteiger partial charge in [0.2, 0.25) is 5.88 Å². The highest BCUT2D eigenvalue weighted by molar-refractivity contribution is 6.06. The van der Waals surface area contributed by atoms with Crippen molar-refractivity contribution in [2.45, 2.75) is 20.8 Å². The molecular formula is C21H17FN2O3. The van der Waals surface area contributed by atoms with Gasteiger partial charge in [-0.25, -0.2) is 4.39 Å². The van der Waals surface area contributed by atoms with Gasteiger partial charge >= 0.3 is 0 Å². The molecule has 27 heavy (non-hydrogen) atoms. The number of carbonyl (C=O) groups is 1. The van der Waals surface area contributed by atoms with Crippen molar-refractivity contribution >= 4 is 22.8 Å². The van der Waals surface area contributed by atoms with Crippen molar-refractivity contribution in [3.8, 4) is 11.3 Å². The van der Waals surface area contributed by atoms with Gasteiger partial charge in [0, 0.05) is 22.6 Å². The fourth-order valence-corrected chi connectivity index (χ4v) is 2.95. The maximum Gasteiger partial charge on any atom is 0.294 e. The molecule has 1 N–H and O–H groups in total. The number of fused-ring (bicyclic) bond motifs is 1. The molecule has 6 heteroatoms. The number of aryl methyl sites for hydroxylation is 3. The smallest absolute Gasteiger partial charge is 0.294 e. The lowest BCUT2D eigenvalue weighted by Gasteiger charge is -1.98. The van der Waals surface area contributed by atoms with Crippen LogP contribution in [0.25, 0.3) is 22.2 Å². The molecule has 0 spiro atoms. The number of nitrogens with zero attached hydrogens (tertiary/aromatic N) is 1. The van der Waals surface area contributed by atoms with E-state index in [0.717, 1.165) is 22.1 Å². The fraction of sp³-hybridized carbons (Fsp3) is 0.143. The number of nitrogens with one attached hydrogen (secondary N) is 1. The standard InChI is InChI=1S/C21H17FN2O3/c1-11-8-16-13(3)20(26-18(16)9-12(11)2)21(25)23-19-10-17(24-27-19)14-4-6-15(22)7-5-14/h4-10H,1-3H3,(H,23,25). The highest BCUT2D eigenvalue weighted by atomic mass is 19.1. The Kier molecular flexibility index (Phi) is 4.03. The van der Waals surface area contributed by atoms with E-state index in [0.29, 0.717) is 16.8 Å². The number of rotatable bonds is 3. The molecule has 4 rings (SSSR count). The van der Waals surface area contributed by atoms with E-state index in [1.54, 1.807) is 18.2 Å². The second kappa shape index (κ2) is 6.39. The molecule has 4 aromatic rings. The molecule has 0 aliphatic carbocycles. The SMILES string of the molecule is Cc1cc2oc(C(=O)Nc3cc(-c4ccc(F)cc4)no3)c(C)c2cc1C. The number of amides is 1. The molecule has 0 atom stereocenters. The first-order valence-corrected chi connectivity index (χ1v) is 8.47. The average Bonchev–Trinajstić information content (AvgIpc) is 3.22. The van der Waals surface area contributed by atoms with E-state index in [1.165, 1.54) is 12.1 Å². The van der Waals surface area contributed by atoms with Gasteiger partial charge < -0.3 is 8.94 Å². The zero-order valence-electron chi connectivity index (χ0n) is 15.1. The third-order valence-electron chi connectivity index (χ3n) is 4.65. The summed E-state index contributed by atoms with van der Waals surface area (Å²) in [5, 5.41) is 7.47. The Morgan fingerprint density at radius 1 is 1.04 bits per heavy atom. The van der Waals surface area contributed by atoms with Crippen molar-refractivity contribution in [1.82, 2.24) is 5.16 Å². The van der Waals surface area contributed by atoms with E-state index in [9.17, 15) is 9.18 Å². The van der Waals surface area contributed by atoms with Crippen LogP contribution in [-0.2, 0) is 0 Å². The molecule has 0 bridgehead atoms. The number of aromatic nitrogens is 1. The molecule has 0 saturated carbocycles. The van der Waals surface area contributed by atoms with Crippen LogP contribution in [0.1, 0.15) is 27.2 Å². The van der Waals surface area contributed by atoms with Crippen LogP contribution in [-0.4, -0.2) is 11.1 Å². The normalized spacial score (nSPS) is 11.1. The molecular weight excluding hydrogens is 347 g/mol. The second-order valence-electron chi connectivity index (χ2n) is 6.53. The topological polar surface area (TPSA) is 68.3 Å². The van der Waals surface area contributed by atoms with Crippen molar-refractivity contribution in [3.05, 3.63) is 70.7 Å². The summed E-state index contributed by atoms with van der Waals surface area (Å²) in [6.07, 6.45) is 0. The van der Waals surface area contributed by atoms with Crippen molar-refractivity contribution in [3.63, 3.8) is 0 Å². The summed E-state index contributed by atoms with van der Waals surface area (Å²) in [5.41, 5.74) is 4.86. The first-order valence-electron chi connectivity index (χ1n) is 8.47. The third-order valence-corrected chi connectivity index (χ3v) is 4.65. The largest absolute Gasteiger partial charge is 0.451 e. The Labute approximate surface area is 154 Å². The first kappa shape index (κ1) is 17.0. The molecule has 0 aliphatic heterocycles. The van der Waals surface area contributed by atoms with E-state index >= 15 is 0 Å². The minimum Gasteiger partial charge on any atom is -0.451 e. The van der Waals surface area contributed by atoms with E-state index < -0.39 is 5.91 Å². The van der Waals surface area contributed by atoms with Gasteiger partial charge in [-0.2, -0.15) is 0 Å². The number of hydrogen-bond donors (Lipinski definition) is 1. The van der Waals surface area contributed by atoms with Crippen molar-refractivity contribution in [1.29, 1.82) is 0 Å². The summed E-state index contributed by atoms with van der Waals surface area (Å²) in [6, 6.07) is 11.4. The number of carbonyl (C=O) groups excluding carboxylic acids is 1. The molecule has 2 aromatic carbocycles. The predicted molar refractivity (Wildman–Crippen MR) is 100 cm³/mol. The Morgan fingerprint density at radius 3 is 2.48 bits per heavy atom. The zero-order valence-corrected chi connectivity index (χ0v) is 15.1. The molecule has 0 fully saturated rings. The van der Waals surface area contributed by atoms with Crippen LogP contribution in [0, 0.1) is 26.6 Å². The van der Waals surface area contributed by atoms with Crippen LogP contribution >= 0.6 is 0 Å². The number of anilines is 1. The maximum atomic E-state index is 13.0. The molecule has 0 aliphatic rings. The highest BCUT2D eigenvalue weighted by Crippen LogP contribution is 2.29. The van der Waals surface area contributed by atoms with Gasteiger partial charge in [0.15, 0.2) is 5.76 Å². The maximum absolute atomic E-state index is 13.0. The summed E-state index contributed by atoms with van der Waals surface area (Å²) in [4.78, 5) is 12.6. The minimum absolute atomic E-state index is 0.187. The van der Waals surface area contributed by atoms with Gasteiger partial charge in [-0.05, 0) is 68.3 Å². The van der Waals surface area contributed by atoms with E-state index in [-0.39, 0.29) is 17.5 Å². The van der Waals surface area contributed by atoms with Crippen LogP contribution in [0.15, 0.2) is 51.4 Å². The van der Waals surface area contributed by atoms with Gasteiger partial charge in [0.1, 0.15) is 17.1 Å². The minimum atomic E-state index is -0.416. The van der Waals surface area contributed by atoms with Crippen molar-refractivity contribution in [2.24, 2.45) is 0 Å². The molecule has 1 amide bonds. The molecule has 2 heterocycles. The number of halogens is 1. The van der Waals surface area contributed by atoms with Crippen molar-refractivity contribution < 1.29 is 18.1 Å². The lowest BCUT2D eigenvalue weighted by atomic mass is 10.1. The monoisotopic (exact) mass is 364 g/mol. The van der Waals surface area contributed by atoms with E-state index in [4.69, 9.17) is 8.94 Å². The Balaban J connectivity index is 1.60. The molecule has 136 valence electrons. The summed E-state index contributed by atoms with van der Waals surface area (Å²) in [6.45, 7) is 5.87. The van der Waals surface area contributed by atoms with Gasteiger partial charge in [-0.3, -0.25) is 10.1 Å². The first-order chi connectivity index (χ1) is 12.9. The summed E-state index contributed by atoms with van der Waals surface area (Å²) in [5.74, 6) is -0.330. The Hall–Kier alpha value is -3.41. The third kappa shape index (κ3) is 3.10. The summed E-state index contributed by atoms with van der Waals surface area (Å²) >= 11 is 0. The lowest BCUT2D eigenvalue weighted by Crippen LogP contribution is -2.11. The number of benzene rings is 2. The Morgan fingerprint density at radius 2 is 1.74 bits per heavy atom. The highest BCUT2D eigenvalue weighted by Gasteiger charge is 2.20. The molecule has 5 nitrogen and oxygen atoms in total. The lowest BCUT2D eigenvalue weighted by molar-refractivity contribution is 0.0994. The van der Waals surface area contributed by atoms with Crippen LogP contribution < -0.4 is 5.32 Å². The molecule has 0 radical (unpaired) electrons. The van der Waals surface area contributed by atoms with E-state index in [1.807, 2.05) is 32.9 Å². The van der Waals surface area contributed by atoms with Gasteiger partial charge in [-0.1, -0.05) is 5.16 Å². The quantitative estimate of drug-likeness (QED) is 0.528. The number of hydrogen-bond acceptors (Lipinski definition) is 4. The van der Waals surface area contributed by atoms with Gasteiger partial charge in [0.05, 0.1) is 0 Å². The Bertz CT molecular complexity index is 1160.